The topological polar surface area (TPSA) is 73.5 Å². The number of fused-ring (bicyclic) bond motifs is 1. The van der Waals surface area contributed by atoms with Gasteiger partial charge in [-0.1, -0.05) is 12.1 Å². The molecule has 0 spiro atoms. The number of carbonyl (C=O) groups excluding carboxylic acids is 2. The smallest absolute Gasteiger partial charge is 0.329 e. The van der Waals surface area contributed by atoms with Crippen molar-refractivity contribution in [3.8, 4) is 0 Å². The van der Waals surface area contributed by atoms with Crippen LogP contribution in [-0.4, -0.2) is 44.1 Å². The summed E-state index contributed by atoms with van der Waals surface area (Å²) in [6.45, 7) is 8.29. The molecule has 27 heavy (non-hydrogen) atoms. The van der Waals surface area contributed by atoms with Crippen LogP contribution < -0.4 is 5.69 Å². The summed E-state index contributed by atoms with van der Waals surface area (Å²) >= 11 is 0. The number of imidazole rings is 1. The molecule has 0 N–H and O–H groups in total. The van der Waals surface area contributed by atoms with Crippen LogP contribution in [-0.2, 0) is 27.4 Å². The molecule has 0 radical (unpaired) electrons. The Balaban J connectivity index is 1.85. The molecule has 0 saturated carbocycles. The highest BCUT2D eigenvalue weighted by atomic mass is 16.6. The predicted molar refractivity (Wildman–Crippen MR) is 102 cm³/mol. The summed E-state index contributed by atoms with van der Waals surface area (Å²) in [4.78, 5) is 39.7. The zero-order valence-corrected chi connectivity index (χ0v) is 16.4. The van der Waals surface area contributed by atoms with Crippen molar-refractivity contribution in [3.63, 3.8) is 0 Å². The van der Waals surface area contributed by atoms with Crippen molar-refractivity contribution in [2.75, 3.05) is 6.54 Å². The van der Waals surface area contributed by atoms with Crippen LogP contribution in [0.4, 0.5) is 0 Å². The molecule has 1 atom stereocenters. The van der Waals surface area contributed by atoms with Gasteiger partial charge in [0.05, 0.1) is 11.0 Å². The summed E-state index contributed by atoms with van der Waals surface area (Å²) in [5.41, 5.74) is 0.730. The molecule has 1 aromatic carbocycles. The van der Waals surface area contributed by atoms with Crippen molar-refractivity contribution in [3.05, 3.63) is 34.7 Å². The average Bonchev–Trinajstić information content (AvgIpc) is 3.17. The van der Waals surface area contributed by atoms with E-state index >= 15 is 0 Å². The SMILES string of the molecule is CCn1c(=O)n(CC(=O)N2CCCC2C(=O)OC(C)(C)C)c2ccccc21. The average molecular weight is 373 g/mol. The minimum absolute atomic E-state index is 0.0777. The summed E-state index contributed by atoms with van der Waals surface area (Å²) in [5.74, 6) is -0.610. The van der Waals surface area contributed by atoms with Crippen molar-refractivity contribution in [1.82, 2.24) is 14.0 Å². The number of nitrogens with zero attached hydrogens (tertiary/aromatic N) is 3. The Bertz CT molecular complexity index is 919. The lowest BCUT2D eigenvalue weighted by molar-refractivity contribution is -0.163. The van der Waals surface area contributed by atoms with Crippen LogP contribution in [0.5, 0.6) is 0 Å². The molecule has 1 saturated heterocycles. The second-order valence-corrected chi connectivity index (χ2v) is 7.88. The van der Waals surface area contributed by atoms with E-state index in [4.69, 9.17) is 4.74 Å². The van der Waals surface area contributed by atoms with Crippen LogP contribution >= 0.6 is 0 Å². The van der Waals surface area contributed by atoms with Crippen LogP contribution in [0.15, 0.2) is 29.1 Å². The molecular formula is C20H27N3O4. The number of ether oxygens (including phenoxy) is 1. The van der Waals surface area contributed by atoms with Gasteiger partial charge in [0.15, 0.2) is 0 Å². The van der Waals surface area contributed by atoms with Gasteiger partial charge >= 0.3 is 11.7 Å². The fourth-order valence-electron chi connectivity index (χ4n) is 3.64. The molecular weight excluding hydrogens is 346 g/mol. The lowest BCUT2D eigenvalue weighted by Gasteiger charge is -2.27. The maximum atomic E-state index is 12.9. The fraction of sp³-hybridized carbons (Fsp3) is 0.550. The van der Waals surface area contributed by atoms with Gasteiger partial charge in [0, 0.05) is 13.1 Å². The van der Waals surface area contributed by atoms with Crippen LogP contribution in [0.25, 0.3) is 11.0 Å². The molecule has 3 rings (SSSR count). The van der Waals surface area contributed by atoms with Crippen LogP contribution in [0.2, 0.25) is 0 Å². The van der Waals surface area contributed by atoms with Gasteiger partial charge in [-0.05, 0) is 52.7 Å². The summed E-state index contributed by atoms with van der Waals surface area (Å²) in [5, 5.41) is 0. The minimum atomic E-state index is -0.597. The first-order valence-electron chi connectivity index (χ1n) is 9.43. The third-order valence-electron chi connectivity index (χ3n) is 4.79. The number of rotatable bonds is 4. The number of benzene rings is 1. The second kappa shape index (κ2) is 7.21. The molecule has 1 aromatic heterocycles. The first-order chi connectivity index (χ1) is 12.7. The molecule has 146 valence electrons. The third-order valence-corrected chi connectivity index (χ3v) is 4.79. The summed E-state index contributed by atoms with van der Waals surface area (Å²) in [6, 6.07) is 6.86. The molecule has 1 aliphatic rings. The van der Waals surface area contributed by atoms with Crippen molar-refractivity contribution in [2.24, 2.45) is 0 Å². The highest BCUT2D eigenvalue weighted by molar-refractivity contribution is 5.86. The van der Waals surface area contributed by atoms with E-state index < -0.39 is 11.6 Å². The van der Waals surface area contributed by atoms with Crippen LogP contribution in [0.3, 0.4) is 0 Å². The van der Waals surface area contributed by atoms with Crippen molar-refractivity contribution in [2.45, 2.75) is 65.3 Å². The van der Waals surface area contributed by atoms with E-state index in [0.717, 1.165) is 17.5 Å². The van der Waals surface area contributed by atoms with E-state index in [9.17, 15) is 14.4 Å². The van der Waals surface area contributed by atoms with Crippen LogP contribution in [0, 0.1) is 0 Å². The largest absolute Gasteiger partial charge is 0.458 e. The Morgan fingerprint density at radius 1 is 1.15 bits per heavy atom. The number of likely N-dealkylation sites (tertiary alicyclic amines) is 1. The monoisotopic (exact) mass is 373 g/mol. The number of aromatic nitrogens is 2. The summed E-state index contributed by atoms with van der Waals surface area (Å²) in [7, 11) is 0. The Hall–Kier alpha value is -2.57. The van der Waals surface area contributed by atoms with Gasteiger partial charge in [0.2, 0.25) is 5.91 Å². The Labute approximate surface area is 158 Å². The normalized spacial score (nSPS) is 17.5. The van der Waals surface area contributed by atoms with E-state index in [1.807, 2.05) is 52.0 Å². The standard InChI is InChI=1S/C20H27N3O4/c1-5-21-14-9-6-7-10-15(14)23(19(21)26)13-17(24)22-12-8-11-16(22)18(25)27-20(2,3)4/h6-7,9-10,16H,5,8,11-13H2,1-4H3. The predicted octanol–water partition coefficient (Wildman–Crippen LogP) is 2.16. The molecule has 1 amide bonds. The van der Waals surface area contributed by atoms with E-state index in [1.54, 1.807) is 9.47 Å². The molecule has 0 bridgehead atoms. The van der Waals surface area contributed by atoms with Gasteiger partial charge < -0.3 is 9.64 Å². The van der Waals surface area contributed by atoms with Gasteiger partial charge in [-0.2, -0.15) is 0 Å². The first-order valence-corrected chi connectivity index (χ1v) is 9.43. The van der Waals surface area contributed by atoms with Gasteiger partial charge in [-0.15, -0.1) is 0 Å². The van der Waals surface area contributed by atoms with Crippen molar-refractivity contribution < 1.29 is 14.3 Å². The quantitative estimate of drug-likeness (QED) is 0.770. The van der Waals surface area contributed by atoms with E-state index in [2.05, 4.69) is 0 Å². The zero-order valence-electron chi connectivity index (χ0n) is 16.4. The van der Waals surface area contributed by atoms with Crippen molar-refractivity contribution >= 4 is 22.9 Å². The molecule has 1 aliphatic heterocycles. The Morgan fingerprint density at radius 3 is 2.37 bits per heavy atom. The number of carbonyl (C=O) groups is 2. The maximum Gasteiger partial charge on any atom is 0.329 e. The van der Waals surface area contributed by atoms with Crippen LogP contribution in [0.1, 0.15) is 40.5 Å². The number of esters is 1. The zero-order chi connectivity index (χ0) is 19.8. The van der Waals surface area contributed by atoms with Gasteiger partial charge in [-0.3, -0.25) is 13.9 Å². The fourth-order valence-corrected chi connectivity index (χ4v) is 3.64. The highest BCUT2D eigenvalue weighted by Crippen LogP contribution is 2.22. The molecule has 2 heterocycles. The Kier molecular flexibility index (Phi) is 5.13. The third kappa shape index (κ3) is 3.77. The van der Waals surface area contributed by atoms with E-state index in [1.165, 1.54) is 4.57 Å². The molecule has 2 aromatic rings. The number of hydrogen-bond acceptors (Lipinski definition) is 4. The molecule has 7 heteroatoms. The van der Waals surface area contributed by atoms with E-state index in [0.29, 0.717) is 19.5 Å². The summed E-state index contributed by atoms with van der Waals surface area (Å²) in [6.07, 6.45) is 1.34. The van der Waals surface area contributed by atoms with Crippen molar-refractivity contribution in [1.29, 1.82) is 0 Å². The van der Waals surface area contributed by atoms with Gasteiger partial charge in [0.25, 0.3) is 0 Å². The molecule has 1 fully saturated rings. The number of hydrogen-bond donors (Lipinski definition) is 0. The minimum Gasteiger partial charge on any atom is -0.458 e. The maximum absolute atomic E-state index is 12.9. The lowest BCUT2D eigenvalue weighted by atomic mass is 10.1. The van der Waals surface area contributed by atoms with E-state index in [-0.39, 0.29) is 24.1 Å². The van der Waals surface area contributed by atoms with Gasteiger partial charge in [-0.25, -0.2) is 9.59 Å². The Morgan fingerprint density at radius 2 is 1.78 bits per heavy atom. The summed E-state index contributed by atoms with van der Waals surface area (Å²) < 4.78 is 8.60. The first kappa shape index (κ1) is 19.2. The number of para-hydroxylation sites is 2. The van der Waals surface area contributed by atoms with Gasteiger partial charge in [0.1, 0.15) is 18.2 Å². The second-order valence-electron chi connectivity index (χ2n) is 7.88. The molecule has 1 unspecified atom stereocenters. The number of aryl methyl sites for hydroxylation is 1. The highest BCUT2D eigenvalue weighted by Gasteiger charge is 2.37. The molecule has 7 nitrogen and oxygen atoms in total. The lowest BCUT2D eigenvalue weighted by Crippen LogP contribution is -2.45. The number of amides is 1. The molecule has 0 aliphatic carbocycles.